The summed E-state index contributed by atoms with van der Waals surface area (Å²) in [5.41, 5.74) is 0. The summed E-state index contributed by atoms with van der Waals surface area (Å²) in [6.45, 7) is 2.43. The Kier molecular flexibility index (Phi) is 3.35. The van der Waals surface area contributed by atoms with Crippen molar-refractivity contribution in [2.45, 2.75) is 12.5 Å². The van der Waals surface area contributed by atoms with E-state index in [9.17, 15) is 17.6 Å². The van der Waals surface area contributed by atoms with Gasteiger partial charge in [-0.25, -0.2) is 8.78 Å². The van der Waals surface area contributed by atoms with Crippen molar-refractivity contribution < 1.29 is 22.3 Å². The van der Waals surface area contributed by atoms with E-state index in [2.05, 4.69) is 11.3 Å². The van der Waals surface area contributed by atoms with Crippen LogP contribution in [0.1, 0.15) is 0 Å². The molecule has 5 heteroatoms. The first-order valence-corrected chi connectivity index (χ1v) is 2.41. The maximum absolute atomic E-state index is 11.7. The van der Waals surface area contributed by atoms with Gasteiger partial charge in [0.05, 0.1) is 6.61 Å². The summed E-state index contributed by atoms with van der Waals surface area (Å²) in [5, 5.41) is 0. The van der Waals surface area contributed by atoms with Crippen molar-refractivity contribution in [2.24, 2.45) is 0 Å². The molecule has 1 nitrogen and oxygen atoms in total. The molecule has 0 radical (unpaired) electrons. The van der Waals surface area contributed by atoms with Gasteiger partial charge in [-0.15, -0.1) is 6.58 Å². The van der Waals surface area contributed by atoms with Gasteiger partial charge in [0.1, 0.15) is 0 Å². The molecule has 0 spiro atoms. The molecule has 0 aliphatic heterocycles. The Morgan fingerprint density at radius 2 is 2.00 bits per heavy atom. The molecule has 0 N–H and O–H groups in total. The Hall–Kier alpha value is -0.580. The van der Waals surface area contributed by atoms with Gasteiger partial charge in [-0.05, 0) is 0 Å². The van der Waals surface area contributed by atoms with E-state index in [0.717, 1.165) is 6.08 Å². The molecule has 0 bridgehead atoms. The first-order chi connectivity index (χ1) is 4.50. The van der Waals surface area contributed by atoms with Crippen LogP contribution in [-0.4, -0.2) is 19.1 Å². The van der Waals surface area contributed by atoms with Crippen LogP contribution in [0.25, 0.3) is 0 Å². The fourth-order valence-corrected chi connectivity index (χ4v) is 0.233. The third-order valence-electron chi connectivity index (χ3n) is 0.648. The fraction of sp³-hybridized carbons (Fsp3) is 0.600. The average Bonchev–Trinajstić information content (AvgIpc) is 1.84. The second-order valence-corrected chi connectivity index (χ2v) is 1.46. The van der Waals surface area contributed by atoms with Crippen LogP contribution in [0.15, 0.2) is 12.7 Å². The van der Waals surface area contributed by atoms with Crippen molar-refractivity contribution in [3.05, 3.63) is 12.7 Å². The van der Waals surface area contributed by atoms with E-state index in [1.54, 1.807) is 0 Å². The minimum absolute atomic E-state index is 0.586. The molecule has 0 aromatic carbocycles. The predicted octanol–water partition coefficient (Wildman–Crippen LogP) is 2.05. The predicted molar refractivity (Wildman–Crippen MR) is 27.1 cm³/mol. The molecular weight excluding hydrogens is 152 g/mol. The number of alkyl halides is 4. The van der Waals surface area contributed by atoms with Gasteiger partial charge in [-0.1, -0.05) is 6.08 Å². The van der Waals surface area contributed by atoms with Crippen LogP contribution < -0.4 is 0 Å². The number of hydrogen-bond donors (Lipinski definition) is 0. The molecule has 0 aromatic heterocycles. The number of ether oxygens (including phenoxy) is 1. The van der Waals surface area contributed by atoms with Crippen molar-refractivity contribution >= 4 is 0 Å². The zero-order valence-electron chi connectivity index (χ0n) is 4.99. The normalized spacial score (nSPS) is 12.1. The molecule has 0 fully saturated rings. The summed E-state index contributed by atoms with van der Waals surface area (Å²) in [5.74, 6) is 0. The lowest BCUT2D eigenvalue weighted by Crippen LogP contribution is -2.30. The highest BCUT2D eigenvalue weighted by atomic mass is 19.3. The third-order valence-corrected chi connectivity index (χ3v) is 0.648. The van der Waals surface area contributed by atoms with Crippen LogP contribution in [0, 0.1) is 0 Å². The molecule has 60 valence electrons. The van der Waals surface area contributed by atoms with Crippen LogP contribution in [0.5, 0.6) is 0 Å². The van der Waals surface area contributed by atoms with Gasteiger partial charge in [-0.3, -0.25) is 0 Å². The van der Waals surface area contributed by atoms with Crippen molar-refractivity contribution in [2.75, 3.05) is 6.61 Å². The van der Waals surface area contributed by atoms with E-state index in [1.807, 2.05) is 0 Å². The monoisotopic (exact) mass is 158 g/mol. The summed E-state index contributed by atoms with van der Waals surface area (Å²) >= 11 is 0. The van der Waals surface area contributed by atoms with Crippen molar-refractivity contribution in [3.63, 3.8) is 0 Å². The van der Waals surface area contributed by atoms with E-state index in [1.165, 1.54) is 0 Å². The van der Waals surface area contributed by atoms with Crippen molar-refractivity contribution in [3.8, 4) is 0 Å². The van der Waals surface area contributed by atoms with E-state index >= 15 is 0 Å². The third kappa shape index (κ3) is 2.82. The molecular formula is C5H6F4O. The lowest BCUT2D eigenvalue weighted by Gasteiger charge is -2.13. The Bertz CT molecular complexity index is 112. The van der Waals surface area contributed by atoms with Crippen LogP contribution in [0.4, 0.5) is 17.6 Å². The van der Waals surface area contributed by atoms with E-state index in [0.29, 0.717) is 0 Å². The van der Waals surface area contributed by atoms with Gasteiger partial charge in [0, 0.05) is 0 Å². The van der Waals surface area contributed by atoms with Gasteiger partial charge < -0.3 is 4.74 Å². The van der Waals surface area contributed by atoms with Crippen LogP contribution in [-0.2, 0) is 4.74 Å². The number of halogens is 4. The summed E-state index contributed by atoms with van der Waals surface area (Å²) < 4.78 is 49.3. The SMILES string of the molecule is C=CCOC(F)(F)C(F)F. The Balaban J connectivity index is 3.74. The average molecular weight is 158 g/mol. The molecule has 0 saturated heterocycles. The van der Waals surface area contributed by atoms with Crippen LogP contribution in [0.3, 0.4) is 0 Å². The zero-order chi connectivity index (χ0) is 8.20. The number of rotatable bonds is 4. The molecule has 0 aliphatic carbocycles. The van der Waals surface area contributed by atoms with Crippen LogP contribution in [0.2, 0.25) is 0 Å². The van der Waals surface area contributed by atoms with Gasteiger partial charge in [0.15, 0.2) is 0 Å². The lowest BCUT2D eigenvalue weighted by molar-refractivity contribution is -0.295. The topological polar surface area (TPSA) is 9.23 Å². The highest BCUT2D eigenvalue weighted by molar-refractivity contribution is 4.66. The molecule has 0 unspecified atom stereocenters. The van der Waals surface area contributed by atoms with Gasteiger partial charge in [-0.2, -0.15) is 8.78 Å². The second-order valence-electron chi connectivity index (χ2n) is 1.46. The highest BCUT2D eigenvalue weighted by Gasteiger charge is 2.41. The quantitative estimate of drug-likeness (QED) is 0.449. The molecule has 0 aliphatic rings. The zero-order valence-corrected chi connectivity index (χ0v) is 4.99. The molecule has 0 heterocycles. The highest BCUT2D eigenvalue weighted by Crippen LogP contribution is 2.23. The summed E-state index contributed by atoms with van der Waals surface area (Å²) in [4.78, 5) is 0. The second kappa shape index (κ2) is 3.55. The largest absolute Gasteiger partial charge is 0.416 e. The summed E-state index contributed by atoms with van der Waals surface area (Å²) in [6.07, 6.45) is -7.17. The Morgan fingerprint density at radius 3 is 2.30 bits per heavy atom. The van der Waals surface area contributed by atoms with Gasteiger partial charge in [0.2, 0.25) is 0 Å². The first-order valence-electron chi connectivity index (χ1n) is 2.41. The van der Waals surface area contributed by atoms with Crippen LogP contribution >= 0.6 is 0 Å². The first kappa shape index (κ1) is 9.42. The molecule has 0 saturated carbocycles. The Labute approximate surface area is 55.3 Å². The molecule has 0 atom stereocenters. The smallest absolute Gasteiger partial charge is 0.312 e. The number of hydrogen-bond acceptors (Lipinski definition) is 1. The maximum Gasteiger partial charge on any atom is 0.416 e. The minimum Gasteiger partial charge on any atom is -0.312 e. The van der Waals surface area contributed by atoms with E-state index in [-0.39, 0.29) is 0 Å². The summed E-state index contributed by atoms with van der Waals surface area (Å²) in [7, 11) is 0. The molecule has 0 aromatic rings. The molecule has 0 amide bonds. The van der Waals surface area contributed by atoms with E-state index in [4.69, 9.17) is 0 Å². The molecule has 10 heavy (non-hydrogen) atoms. The summed E-state index contributed by atoms with van der Waals surface area (Å²) in [6, 6.07) is 0. The van der Waals surface area contributed by atoms with Gasteiger partial charge in [0.25, 0.3) is 0 Å². The lowest BCUT2D eigenvalue weighted by atomic mass is 10.6. The minimum atomic E-state index is -4.35. The standard InChI is InChI=1S/C5H6F4O/c1-2-3-10-5(8,9)4(6)7/h2,4H,1,3H2. The molecule has 0 rings (SSSR count). The van der Waals surface area contributed by atoms with Gasteiger partial charge >= 0.3 is 12.5 Å². The van der Waals surface area contributed by atoms with Crippen molar-refractivity contribution in [1.29, 1.82) is 0 Å². The maximum atomic E-state index is 11.7. The van der Waals surface area contributed by atoms with E-state index < -0.39 is 19.1 Å². The fourth-order valence-electron chi connectivity index (χ4n) is 0.233. The van der Waals surface area contributed by atoms with Crippen molar-refractivity contribution in [1.82, 2.24) is 0 Å². The Morgan fingerprint density at radius 1 is 1.50 bits per heavy atom.